The van der Waals surface area contributed by atoms with Crippen molar-refractivity contribution in [2.75, 3.05) is 32.5 Å². The van der Waals surface area contributed by atoms with Crippen LogP contribution in [0.1, 0.15) is 38.5 Å². The third-order valence-corrected chi connectivity index (χ3v) is 5.70. The molecule has 1 atom stereocenters. The number of hydrogen-bond donors (Lipinski definition) is 2. The summed E-state index contributed by atoms with van der Waals surface area (Å²) in [6, 6.07) is 9.56. The fourth-order valence-electron chi connectivity index (χ4n) is 2.93. The van der Waals surface area contributed by atoms with Crippen LogP contribution in [0.25, 0.3) is 0 Å². The lowest BCUT2D eigenvalue weighted by atomic mass is 9.98. The summed E-state index contributed by atoms with van der Waals surface area (Å²) in [5.74, 6) is 1.32. The third kappa shape index (κ3) is 9.32. The Hall–Kier alpha value is -0.670. The molecule has 148 valence electrons. The van der Waals surface area contributed by atoms with E-state index in [9.17, 15) is 4.21 Å². The van der Waals surface area contributed by atoms with Crippen LogP contribution in [-0.2, 0) is 15.5 Å². The molecular weight excluding hydrogens is 461 g/mol. The number of hydrogen-bond acceptors (Lipinski definition) is 3. The summed E-state index contributed by atoms with van der Waals surface area (Å²) in [5.41, 5.74) is 0. The average molecular weight is 493 g/mol. The van der Waals surface area contributed by atoms with Gasteiger partial charge in [0.25, 0.3) is 0 Å². The first kappa shape index (κ1) is 23.4. The third-order valence-electron chi connectivity index (χ3n) is 4.33. The van der Waals surface area contributed by atoms with Crippen molar-refractivity contribution in [2.24, 2.45) is 4.99 Å². The smallest absolute Gasteiger partial charge is 0.191 e. The molecule has 1 fully saturated rings. The maximum absolute atomic E-state index is 12.2. The molecule has 0 radical (unpaired) electrons. The van der Waals surface area contributed by atoms with Crippen molar-refractivity contribution in [1.82, 2.24) is 10.6 Å². The Balaban J connectivity index is 0.00000338. The van der Waals surface area contributed by atoms with E-state index in [1.807, 2.05) is 30.3 Å². The van der Waals surface area contributed by atoms with Gasteiger partial charge in [-0.25, -0.2) is 0 Å². The highest BCUT2D eigenvalue weighted by Gasteiger charge is 2.13. The van der Waals surface area contributed by atoms with Gasteiger partial charge in [0, 0.05) is 37.4 Å². The number of guanidine groups is 1. The topological polar surface area (TPSA) is 62.7 Å². The molecule has 2 rings (SSSR count). The van der Waals surface area contributed by atoms with Crippen molar-refractivity contribution >= 4 is 40.7 Å². The fraction of sp³-hybridized carbons (Fsp3) is 0.632. The SMILES string of the molecule is CN=C(NCCCOC1CCCCC1)NCCS(=O)c1ccccc1.I. The van der Waals surface area contributed by atoms with Gasteiger partial charge in [-0.3, -0.25) is 9.20 Å². The summed E-state index contributed by atoms with van der Waals surface area (Å²) in [6.45, 7) is 2.25. The maximum atomic E-state index is 12.2. The molecule has 2 N–H and O–H groups in total. The average Bonchev–Trinajstić information content (AvgIpc) is 2.67. The molecule has 0 amide bonds. The van der Waals surface area contributed by atoms with E-state index < -0.39 is 10.8 Å². The van der Waals surface area contributed by atoms with Crippen LogP contribution in [0.3, 0.4) is 0 Å². The second-order valence-corrected chi connectivity index (χ2v) is 7.84. The Morgan fingerprint density at radius 3 is 2.54 bits per heavy atom. The van der Waals surface area contributed by atoms with Crippen LogP contribution in [0.5, 0.6) is 0 Å². The van der Waals surface area contributed by atoms with Crippen molar-refractivity contribution < 1.29 is 8.95 Å². The summed E-state index contributed by atoms with van der Waals surface area (Å²) in [6.07, 6.45) is 7.85. The molecule has 0 aromatic heterocycles. The van der Waals surface area contributed by atoms with Crippen molar-refractivity contribution in [3.8, 4) is 0 Å². The molecule has 1 aliphatic carbocycles. The van der Waals surface area contributed by atoms with Gasteiger partial charge >= 0.3 is 0 Å². The fourth-order valence-corrected chi connectivity index (χ4v) is 3.92. The largest absolute Gasteiger partial charge is 0.378 e. The molecule has 1 aromatic carbocycles. The minimum absolute atomic E-state index is 0. The van der Waals surface area contributed by atoms with Gasteiger partial charge in [0.2, 0.25) is 0 Å². The molecule has 7 heteroatoms. The monoisotopic (exact) mass is 493 g/mol. The molecule has 0 saturated heterocycles. The van der Waals surface area contributed by atoms with Gasteiger partial charge in [-0.1, -0.05) is 37.5 Å². The number of ether oxygens (including phenoxy) is 1. The van der Waals surface area contributed by atoms with E-state index in [1.165, 1.54) is 32.1 Å². The Kier molecular flexibility index (Phi) is 12.9. The Bertz CT molecular complexity index is 537. The van der Waals surface area contributed by atoms with Crippen LogP contribution < -0.4 is 10.6 Å². The minimum atomic E-state index is -0.979. The van der Waals surface area contributed by atoms with E-state index in [0.717, 1.165) is 30.4 Å². The summed E-state index contributed by atoms with van der Waals surface area (Å²) in [4.78, 5) is 5.07. The van der Waals surface area contributed by atoms with Crippen LogP contribution in [0.4, 0.5) is 0 Å². The molecule has 0 aliphatic heterocycles. The molecule has 1 aliphatic rings. The van der Waals surface area contributed by atoms with Gasteiger partial charge in [-0.15, -0.1) is 24.0 Å². The summed E-state index contributed by atoms with van der Waals surface area (Å²) < 4.78 is 18.1. The van der Waals surface area contributed by atoms with E-state index >= 15 is 0 Å². The quantitative estimate of drug-likeness (QED) is 0.240. The predicted molar refractivity (Wildman–Crippen MR) is 120 cm³/mol. The van der Waals surface area contributed by atoms with Crippen molar-refractivity contribution in [3.05, 3.63) is 30.3 Å². The van der Waals surface area contributed by atoms with Gasteiger partial charge in [0.15, 0.2) is 5.96 Å². The summed E-state index contributed by atoms with van der Waals surface area (Å²) in [7, 11) is 0.773. The predicted octanol–water partition coefficient (Wildman–Crippen LogP) is 3.32. The minimum Gasteiger partial charge on any atom is -0.378 e. The van der Waals surface area contributed by atoms with Crippen molar-refractivity contribution in [1.29, 1.82) is 0 Å². The van der Waals surface area contributed by atoms with E-state index in [4.69, 9.17) is 4.74 Å². The van der Waals surface area contributed by atoms with E-state index in [-0.39, 0.29) is 24.0 Å². The molecule has 0 heterocycles. The highest BCUT2D eigenvalue weighted by Crippen LogP contribution is 2.20. The molecule has 1 saturated carbocycles. The van der Waals surface area contributed by atoms with Gasteiger partial charge in [-0.2, -0.15) is 0 Å². The molecule has 26 heavy (non-hydrogen) atoms. The lowest BCUT2D eigenvalue weighted by molar-refractivity contribution is 0.0277. The number of benzene rings is 1. The lowest BCUT2D eigenvalue weighted by Gasteiger charge is -2.22. The van der Waals surface area contributed by atoms with E-state index in [2.05, 4.69) is 15.6 Å². The first-order chi connectivity index (χ1) is 12.3. The zero-order valence-electron chi connectivity index (χ0n) is 15.6. The Morgan fingerprint density at radius 1 is 1.15 bits per heavy atom. The molecule has 0 bridgehead atoms. The molecule has 1 aromatic rings. The first-order valence-electron chi connectivity index (χ1n) is 9.29. The highest BCUT2D eigenvalue weighted by atomic mass is 127. The summed E-state index contributed by atoms with van der Waals surface area (Å²) in [5, 5.41) is 6.50. The van der Waals surface area contributed by atoms with Gasteiger partial charge in [0.1, 0.15) is 0 Å². The van der Waals surface area contributed by atoms with E-state index in [0.29, 0.717) is 18.4 Å². The molecule has 5 nitrogen and oxygen atoms in total. The first-order valence-corrected chi connectivity index (χ1v) is 10.6. The van der Waals surface area contributed by atoms with Crippen LogP contribution in [0.15, 0.2) is 40.2 Å². The zero-order chi connectivity index (χ0) is 17.7. The van der Waals surface area contributed by atoms with Crippen molar-refractivity contribution in [3.63, 3.8) is 0 Å². The lowest BCUT2D eigenvalue weighted by Crippen LogP contribution is -2.39. The Labute approximate surface area is 177 Å². The zero-order valence-corrected chi connectivity index (χ0v) is 18.8. The van der Waals surface area contributed by atoms with E-state index in [1.54, 1.807) is 7.05 Å². The molecular formula is C19H32IN3O2S. The van der Waals surface area contributed by atoms with Crippen LogP contribution in [0, 0.1) is 0 Å². The highest BCUT2D eigenvalue weighted by molar-refractivity contribution is 14.0. The number of nitrogens with one attached hydrogen (secondary N) is 2. The Morgan fingerprint density at radius 2 is 1.85 bits per heavy atom. The number of rotatable bonds is 9. The number of nitrogens with zero attached hydrogens (tertiary/aromatic N) is 1. The van der Waals surface area contributed by atoms with Crippen LogP contribution in [-0.4, -0.2) is 48.8 Å². The number of halogens is 1. The molecule has 0 spiro atoms. The standard InChI is InChI=1S/C19H31N3O2S.HI/c1-20-19(21-13-8-15-24-17-9-4-2-5-10-17)22-14-16-25(23)18-11-6-3-7-12-18;/h3,6-7,11-12,17H,2,4-5,8-10,13-16H2,1H3,(H2,20,21,22);1H. The normalized spacial score (nSPS) is 16.6. The van der Waals surface area contributed by atoms with Crippen LogP contribution in [0.2, 0.25) is 0 Å². The van der Waals surface area contributed by atoms with Gasteiger partial charge in [0.05, 0.1) is 16.9 Å². The number of aliphatic imine (C=N–C) groups is 1. The van der Waals surface area contributed by atoms with Crippen molar-refractivity contribution in [2.45, 2.75) is 49.5 Å². The van der Waals surface area contributed by atoms with Gasteiger partial charge in [-0.05, 0) is 31.4 Å². The second kappa shape index (κ2) is 14.4. The van der Waals surface area contributed by atoms with Gasteiger partial charge < -0.3 is 15.4 Å². The molecule has 1 unspecified atom stereocenters. The summed E-state index contributed by atoms with van der Waals surface area (Å²) >= 11 is 0. The van der Waals surface area contributed by atoms with Crippen LogP contribution >= 0.6 is 24.0 Å². The maximum Gasteiger partial charge on any atom is 0.191 e. The second-order valence-electron chi connectivity index (χ2n) is 6.27.